The van der Waals surface area contributed by atoms with Crippen LogP contribution in [0.4, 0.5) is 0 Å². The number of carbonyl (C=O) groups is 5. The number of hydrogen-bond donors (Lipinski definition) is 8. The smallest absolute Gasteiger partial charge is 0.326 e. The van der Waals surface area contributed by atoms with Gasteiger partial charge in [0.25, 0.3) is 0 Å². The van der Waals surface area contributed by atoms with Crippen LogP contribution >= 0.6 is 0 Å². The number of amides is 3. The summed E-state index contributed by atoms with van der Waals surface area (Å²) >= 11 is 0. The molecule has 3 atom stereocenters. The normalized spacial score (nSPS) is 13.4. The summed E-state index contributed by atoms with van der Waals surface area (Å²) in [5.41, 5.74) is 16.0. The molecule has 3 amide bonds. The maximum absolute atomic E-state index is 12.2. The number of nitrogens with two attached hydrogens (primary N) is 3. The Morgan fingerprint density at radius 3 is 2.06 bits per heavy atom. The zero-order valence-electron chi connectivity index (χ0n) is 17.5. The lowest BCUT2D eigenvalue weighted by Crippen LogP contribution is -2.55. The van der Waals surface area contributed by atoms with E-state index >= 15 is 0 Å². The van der Waals surface area contributed by atoms with Crippen molar-refractivity contribution in [1.29, 1.82) is 0 Å². The Hall–Kier alpha value is -3.42. The summed E-state index contributed by atoms with van der Waals surface area (Å²) < 4.78 is 0. The molecule has 0 radical (unpaired) electrons. The quantitative estimate of drug-likeness (QED) is 0.0749. The molecule has 14 nitrogen and oxygen atoms in total. The molecule has 31 heavy (non-hydrogen) atoms. The number of rotatable bonds is 14. The standard InChI is InChI=1S/C17H31N7O7/c1-8(2)13(18)15(29)24-10(6-12(26)27)14(28)22-7-11(25)23-9(16(30)31)4-3-5-21-17(19)20/h8-10,13H,3-7,18H2,1-2H3,(H,22,28)(H,23,25)(H,24,29)(H,26,27)(H,30,31)(H4,19,20,21). The van der Waals surface area contributed by atoms with E-state index in [0.717, 1.165) is 0 Å². The van der Waals surface area contributed by atoms with Gasteiger partial charge in [-0.05, 0) is 18.8 Å². The predicted octanol–water partition coefficient (Wildman–Crippen LogP) is -3.33. The fourth-order valence-corrected chi connectivity index (χ4v) is 2.25. The first-order chi connectivity index (χ1) is 14.3. The maximum atomic E-state index is 12.2. The molecule has 0 aromatic carbocycles. The molecule has 0 saturated carbocycles. The number of carboxylic acid groups (broad SMARTS) is 2. The summed E-state index contributed by atoms with van der Waals surface area (Å²) in [6.07, 6.45) is -0.409. The fraction of sp³-hybridized carbons (Fsp3) is 0.647. The lowest BCUT2D eigenvalue weighted by atomic mass is 10.0. The van der Waals surface area contributed by atoms with Crippen LogP contribution in [0.15, 0.2) is 4.99 Å². The van der Waals surface area contributed by atoms with Gasteiger partial charge in [0.1, 0.15) is 12.1 Å². The van der Waals surface area contributed by atoms with Crippen molar-refractivity contribution in [1.82, 2.24) is 16.0 Å². The molecule has 0 spiro atoms. The molecule has 0 aliphatic carbocycles. The predicted molar refractivity (Wildman–Crippen MR) is 109 cm³/mol. The van der Waals surface area contributed by atoms with Gasteiger partial charge in [-0.3, -0.25) is 24.2 Å². The zero-order chi connectivity index (χ0) is 24.1. The van der Waals surface area contributed by atoms with Crippen LogP contribution in [-0.4, -0.2) is 77.0 Å². The number of guanidine groups is 1. The molecule has 0 aromatic rings. The summed E-state index contributed by atoms with van der Waals surface area (Å²) in [6, 6.07) is -3.66. The van der Waals surface area contributed by atoms with Crippen molar-refractivity contribution in [3.05, 3.63) is 0 Å². The van der Waals surface area contributed by atoms with Crippen LogP contribution in [0.2, 0.25) is 0 Å². The summed E-state index contributed by atoms with van der Waals surface area (Å²) in [7, 11) is 0. The number of aliphatic imine (C=N–C) groups is 1. The molecule has 0 saturated heterocycles. The van der Waals surface area contributed by atoms with Gasteiger partial charge in [0.15, 0.2) is 5.96 Å². The van der Waals surface area contributed by atoms with Crippen molar-refractivity contribution in [2.45, 2.75) is 51.2 Å². The lowest BCUT2D eigenvalue weighted by Gasteiger charge is -2.21. The molecular weight excluding hydrogens is 414 g/mol. The van der Waals surface area contributed by atoms with Gasteiger partial charge in [0, 0.05) is 6.54 Å². The van der Waals surface area contributed by atoms with E-state index in [-0.39, 0.29) is 31.3 Å². The van der Waals surface area contributed by atoms with Crippen LogP contribution in [0.5, 0.6) is 0 Å². The van der Waals surface area contributed by atoms with E-state index in [9.17, 15) is 29.1 Å². The first-order valence-corrected chi connectivity index (χ1v) is 9.48. The summed E-state index contributed by atoms with van der Waals surface area (Å²) in [5.74, 6) is -5.50. The van der Waals surface area contributed by atoms with Crippen molar-refractivity contribution in [3.63, 3.8) is 0 Å². The number of carboxylic acids is 2. The van der Waals surface area contributed by atoms with Gasteiger partial charge in [-0.1, -0.05) is 13.8 Å². The molecule has 3 unspecified atom stereocenters. The largest absolute Gasteiger partial charge is 0.481 e. The molecular formula is C17H31N7O7. The third-order valence-electron chi connectivity index (χ3n) is 4.03. The average Bonchev–Trinajstić information content (AvgIpc) is 2.66. The molecule has 0 fully saturated rings. The van der Waals surface area contributed by atoms with Crippen molar-refractivity contribution in [2.24, 2.45) is 28.1 Å². The Morgan fingerprint density at radius 2 is 1.58 bits per heavy atom. The lowest BCUT2D eigenvalue weighted by molar-refractivity contribution is -0.142. The fourth-order valence-electron chi connectivity index (χ4n) is 2.25. The molecule has 0 bridgehead atoms. The highest BCUT2D eigenvalue weighted by Crippen LogP contribution is 2.01. The van der Waals surface area contributed by atoms with E-state index < -0.39 is 60.8 Å². The van der Waals surface area contributed by atoms with E-state index in [1.165, 1.54) is 0 Å². The van der Waals surface area contributed by atoms with E-state index in [1.807, 2.05) is 0 Å². The van der Waals surface area contributed by atoms with Crippen LogP contribution in [0.3, 0.4) is 0 Å². The topological polar surface area (TPSA) is 252 Å². The molecule has 0 aliphatic heterocycles. The van der Waals surface area contributed by atoms with Crippen molar-refractivity contribution in [2.75, 3.05) is 13.1 Å². The van der Waals surface area contributed by atoms with Gasteiger partial charge in [-0.2, -0.15) is 0 Å². The van der Waals surface area contributed by atoms with Crippen LogP contribution in [0.1, 0.15) is 33.1 Å². The monoisotopic (exact) mass is 445 g/mol. The van der Waals surface area contributed by atoms with Gasteiger partial charge >= 0.3 is 11.9 Å². The highest BCUT2D eigenvalue weighted by molar-refractivity contribution is 5.94. The first-order valence-electron chi connectivity index (χ1n) is 9.48. The minimum atomic E-state index is -1.46. The summed E-state index contributed by atoms with van der Waals surface area (Å²) in [5, 5.41) is 24.8. The third kappa shape index (κ3) is 12.0. The number of carbonyl (C=O) groups excluding carboxylic acids is 3. The Bertz CT molecular complexity index is 692. The molecule has 14 heteroatoms. The highest BCUT2D eigenvalue weighted by atomic mass is 16.4. The minimum absolute atomic E-state index is 0.0383. The first kappa shape index (κ1) is 27.6. The molecule has 0 aromatic heterocycles. The Labute approximate surface area is 179 Å². The van der Waals surface area contributed by atoms with Crippen LogP contribution in [0, 0.1) is 5.92 Å². The Morgan fingerprint density at radius 1 is 0.968 bits per heavy atom. The third-order valence-corrected chi connectivity index (χ3v) is 4.03. The van der Waals surface area contributed by atoms with Gasteiger partial charge in [0.2, 0.25) is 17.7 Å². The second kappa shape index (κ2) is 13.7. The summed E-state index contributed by atoms with van der Waals surface area (Å²) in [4.78, 5) is 62.2. The number of nitrogens with zero attached hydrogens (tertiary/aromatic N) is 1. The number of aliphatic carboxylic acids is 2. The molecule has 0 rings (SSSR count). The van der Waals surface area contributed by atoms with E-state index in [1.54, 1.807) is 13.8 Å². The van der Waals surface area contributed by atoms with Crippen molar-refractivity contribution in [3.8, 4) is 0 Å². The highest BCUT2D eigenvalue weighted by Gasteiger charge is 2.28. The zero-order valence-corrected chi connectivity index (χ0v) is 17.5. The molecule has 0 heterocycles. The van der Waals surface area contributed by atoms with Crippen LogP contribution in [0.25, 0.3) is 0 Å². The van der Waals surface area contributed by atoms with Crippen molar-refractivity contribution < 1.29 is 34.2 Å². The van der Waals surface area contributed by atoms with Gasteiger partial charge in [-0.25, -0.2) is 4.79 Å². The second-order valence-electron chi connectivity index (χ2n) is 7.05. The number of hydrogen-bond acceptors (Lipinski definition) is 7. The average molecular weight is 445 g/mol. The Balaban J connectivity index is 4.80. The van der Waals surface area contributed by atoms with Gasteiger partial charge < -0.3 is 43.4 Å². The number of nitrogens with one attached hydrogen (secondary N) is 3. The molecule has 0 aliphatic rings. The van der Waals surface area contributed by atoms with Crippen molar-refractivity contribution >= 4 is 35.6 Å². The second-order valence-corrected chi connectivity index (χ2v) is 7.05. The molecule has 11 N–H and O–H groups in total. The van der Waals surface area contributed by atoms with Crippen LogP contribution < -0.4 is 33.2 Å². The maximum Gasteiger partial charge on any atom is 0.326 e. The minimum Gasteiger partial charge on any atom is -0.481 e. The van der Waals surface area contributed by atoms with Gasteiger partial charge in [0.05, 0.1) is 19.0 Å². The van der Waals surface area contributed by atoms with Crippen LogP contribution in [-0.2, 0) is 24.0 Å². The Kier molecular flexibility index (Phi) is 12.2. The van der Waals surface area contributed by atoms with E-state index in [2.05, 4.69) is 20.9 Å². The SMILES string of the molecule is CC(C)C(N)C(=O)NC(CC(=O)O)C(=O)NCC(=O)NC(CCCN=C(N)N)C(=O)O. The van der Waals surface area contributed by atoms with E-state index in [4.69, 9.17) is 22.3 Å². The van der Waals surface area contributed by atoms with Gasteiger partial charge in [-0.15, -0.1) is 0 Å². The molecule has 176 valence electrons. The summed E-state index contributed by atoms with van der Waals surface area (Å²) in [6.45, 7) is 2.90. The van der Waals surface area contributed by atoms with E-state index in [0.29, 0.717) is 0 Å².